The first-order chi connectivity index (χ1) is 17.2. The second kappa shape index (κ2) is 12.3. The van der Waals surface area contributed by atoms with Gasteiger partial charge in [0, 0.05) is 37.0 Å². The van der Waals surface area contributed by atoms with E-state index in [1.165, 1.54) is 23.6 Å². The molecule has 37 heavy (non-hydrogen) atoms. The molecule has 3 heterocycles. The van der Waals surface area contributed by atoms with E-state index >= 15 is 0 Å². The van der Waals surface area contributed by atoms with Gasteiger partial charge in [-0.3, -0.25) is 24.2 Å². The van der Waals surface area contributed by atoms with E-state index in [1.54, 1.807) is 24.3 Å². The molecule has 0 radical (unpaired) electrons. The van der Waals surface area contributed by atoms with Crippen molar-refractivity contribution in [3.8, 4) is 0 Å². The smallest absolute Gasteiger partial charge is 0.543 e. The molecule has 0 aromatic heterocycles. The quantitative estimate of drug-likeness (QED) is 0.131. The van der Waals surface area contributed by atoms with E-state index in [2.05, 4.69) is 16.0 Å². The number of rotatable bonds is 7. The molecule has 3 aliphatic rings. The normalized spacial score (nSPS) is 20.2. The van der Waals surface area contributed by atoms with Crippen LogP contribution in [0, 0.1) is 0 Å². The van der Waals surface area contributed by atoms with Gasteiger partial charge in [0.1, 0.15) is 18.0 Å². The summed E-state index contributed by atoms with van der Waals surface area (Å²) in [5.74, 6) is -2.97. The summed E-state index contributed by atoms with van der Waals surface area (Å²) < 4.78 is 4.89. The Hall–Kier alpha value is -2.65. The van der Waals surface area contributed by atoms with Crippen LogP contribution in [0.15, 0.2) is 35.5 Å². The molecule has 1 aromatic rings. The number of carbonyl (C=O) groups excluding carboxylic acids is 5. The van der Waals surface area contributed by atoms with Crippen LogP contribution in [0.4, 0.5) is 10.5 Å². The average molecular weight is 556 g/mol. The van der Waals surface area contributed by atoms with Gasteiger partial charge in [-0.15, -0.1) is 11.8 Å². The third-order valence-electron chi connectivity index (χ3n) is 5.72. The second-order valence-electron chi connectivity index (χ2n) is 8.12. The summed E-state index contributed by atoms with van der Waals surface area (Å²) in [5.41, 5.74) is 1.07. The minimum Gasteiger partial charge on any atom is -0.543 e. The van der Waals surface area contributed by atoms with Crippen molar-refractivity contribution in [3.05, 3.63) is 41.1 Å². The topological polar surface area (TPSA) is 160 Å². The Kier molecular flexibility index (Phi) is 9.58. The SMILES string of the molecule is CC(=O)OCC1=C(C(=O)[O-])N2C(=O)C(NC(=O)Cc3ccccc3NC(=S)N3CCNC3=O)[C@H]2SC1.[Na+]. The number of fused-ring (bicyclic) bond motifs is 1. The maximum absolute atomic E-state index is 12.8. The predicted octanol–water partition coefficient (Wildman–Crippen LogP) is -4.08. The predicted molar refractivity (Wildman–Crippen MR) is 130 cm³/mol. The van der Waals surface area contributed by atoms with Gasteiger partial charge in [0.05, 0.1) is 18.1 Å². The van der Waals surface area contributed by atoms with Crippen LogP contribution in [-0.2, 0) is 30.3 Å². The first kappa shape index (κ1) is 28.9. The summed E-state index contributed by atoms with van der Waals surface area (Å²) >= 11 is 6.57. The van der Waals surface area contributed by atoms with Crippen LogP contribution < -0.4 is 50.6 Å². The third kappa shape index (κ3) is 6.26. The van der Waals surface area contributed by atoms with Gasteiger partial charge in [-0.25, -0.2) is 4.79 Å². The van der Waals surface area contributed by atoms with Gasteiger partial charge < -0.3 is 30.6 Å². The molecule has 15 heteroatoms. The summed E-state index contributed by atoms with van der Waals surface area (Å²) in [7, 11) is 0. The van der Waals surface area contributed by atoms with Gasteiger partial charge >= 0.3 is 41.6 Å². The van der Waals surface area contributed by atoms with E-state index in [9.17, 15) is 29.1 Å². The van der Waals surface area contributed by atoms with E-state index in [-0.39, 0.29) is 70.8 Å². The van der Waals surface area contributed by atoms with Crippen molar-refractivity contribution in [2.45, 2.75) is 24.8 Å². The number of hydrogen-bond donors (Lipinski definition) is 3. The number of carbonyl (C=O) groups is 5. The van der Waals surface area contributed by atoms with Crippen molar-refractivity contribution in [1.29, 1.82) is 0 Å². The fourth-order valence-electron chi connectivity index (χ4n) is 4.01. The zero-order valence-electron chi connectivity index (χ0n) is 20.1. The molecule has 2 fully saturated rings. The third-order valence-corrected chi connectivity index (χ3v) is 7.38. The minimum absolute atomic E-state index is 0. The number of nitrogens with zero attached hydrogens (tertiary/aromatic N) is 2. The second-order valence-corrected chi connectivity index (χ2v) is 9.61. The Balaban J connectivity index is 0.00000380. The molecule has 0 spiro atoms. The Labute approximate surface area is 243 Å². The molecule has 3 N–H and O–H groups in total. The van der Waals surface area contributed by atoms with Crippen molar-refractivity contribution in [2.75, 3.05) is 30.8 Å². The fraction of sp³-hybridized carbons (Fsp3) is 0.364. The fourth-order valence-corrected chi connectivity index (χ4v) is 5.62. The summed E-state index contributed by atoms with van der Waals surface area (Å²) in [5, 5.41) is 19.6. The first-order valence-electron chi connectivity index (χ1n) is 10.9. The van der Waals surface area contributed by atoms with Crippen molar-refractivity contribution in [2.24, 2.45) is 0 Å². The van der Waals surface area contributed by atoms with Crippen molar-refractivity contribution in [1.82, 2.24) is 20.4 Å². The summed E-state index contributed by atoms with van der Waals surface area (Å²) in [4.78, 5) is 62.7. The van der Waals surface area contributed by atoms with Crippen LogP contribution in [-0.4, -0.2) is 81.6 Å². The van der Waals surface area contributed by atoms with Crippen LogP contribution >= 0.6 is 24.0 Å². The monoisotopic (exact) mass is 555 g/mol. The number of amides is 4. The Bertz CT molecular complexity index is 1190. The van der Waals surface area contributed by atoms with Crippen molar-refractivity contribution >= 4 is 64.6 Å². The molecule has 4 rings (SSSR count). The molecule has 190 valence electrons. The molecule has 12 nitrogen and oxygen atoms in total. The van der Waals surface area contributed by atoms with Crippen LogP contribution in [0.3, 0.4) is 0 Å². The Morgan fingerprint density at radius 3 is 2.65 bits per heavy atom. The molecule has 1 unspecified atom stereocenters. The molecule has 3 aliphatic heterocycles. The number of esters is 1. The van der Waals surface area contributed by atoms with Crippen molar-refractivity contribution < 1.29 is 63.4 Å². The van der Waals surface area contributed by atoms with Gasteiger partial charge in [-0.1, -0.05) is 18.2 Å². The number of β-lactam (4-membered cyclic amide) rings is 1. The van der Waals surface area contributed by atoms with Crippen molar-refractivity contribution in [3.63, 3.8) is 0 Å². The van der Waals surface area contributed by atoms with E-state index in [4.69, 9.17) is 17.0 Å². The molecular formula is C22H22N5NaO7S2. The summed E-state index contributed by atoms with van der Waals surface area (Å²) in [6.45, 7) is 1.85. The van der Waals surface area contributed by atoms with E-state index in [1.807, 2.05) is 0 Å². The molecule has 0 bridgehead atoms. The zero-order chi connectivity index (χ0) is 26.0. The Morgan fingerprint density at radius 1 is 1.27 bits per heavy atom. The summed E-state index contributed by atoms with van der Waals surface area (Å²) in [6.07, 6.45) is -0.0833. The number of hydrogen-bond acceptors (Lipinski definition) is 9. The van der Waals surface area contributed by atoms with Gasteiger partial charge in [0.2, 0.25) is 5.91 Å². The number of urea groups is 1. The average Bonchev–Trinajstić information content (AvgIpc) is 3.27. The van der Waals surface area contributed by atoms with Crippen LogP contribution in [0.5, 0.6) is 0 Å². The molecule has 4 amide bonds. The maximum atomic E-state index is 12.8. The van der Waals surface area contributed by atoms with Crippen LogP contribution in [0.1, 0.15) is 12.5 Å². The molecule has 0 aliphatic carbocycles. The minimum atomic E-state index is -1.55. The first-order valence-corrected chi connectivity index (χ1v) is 12.4. The number of nitrogens with one attached hydrogen (secondary N) is 3. The standard InChI is InChI=1S/C22H23N5O7S2.Na/c1-11(28)34-9-13-10-36-19-16(18(30)27(19)17(13)20(31)32)25-15(29)8-12-4-2-3-5-14(12)24-22(35)26-7-6-23-21(26)33;/h2-5,16,19H,6-10H2,1H3,(H,23,33)(H,24,35)(H,25,29)(H,31,32);/q;+1/p-1/t16?,19-;/m1./s1. The van der Waals surface area contributed by atoms with Crippen LogP contribution in [0.25, 0.3) is 0 Å². The number of benzene rings is 1. The number of carboxylic acid groups (broad SMARTS) is 1. The number of anilines is 1. The van der Waals surface area contributed by atoms with Crippen LogP contribution in [0.2, 0.25) is 0 Å². The summed E-state index contributed by atoms with van der Waals surface area (Å²) in [6, 6.07) is 5.72. The number of ether oxygens (including phenoxy) is 1. The molecule has 2 saturated heterocycles. The van der Waals surface area contributed by atoms with E-state index in [0.717, 1.165) is 4.90 Å². The van der Waals surface area contributed by atoms with E-state index < -0.39 is 35.2 Å². The largest absolute Gasteiger partial charge is 1.00 e. The van der Waals surface area contributed by atoms with Gasteiger partial charge in [-0.05, 0) is 23.8 Å². The van der Waals surface area contributed by atoms with E-state index in [0.29, 0.717) is 24.3 Å². The van der Waals surface area contributed by atoms with Gasteiger partial charge in [0.25, 0.3) is 5.91 Å². The molecule has 0 saturated carbocycles. The molecule has 1 aromatic carbocycles. The Morgan fingerprint density at radius 2 is 2.00 bits per heavy atom. The number of thiocarbonyl (C=S) groups is 1. The molecular weight excluding hydrogens is 533 g/mol. The van der Waals surface area contributed by atoms with Gasteiger partial charge in [-0.2, -0.15) is 0 Å². The maximum Gasteiger partial charge on any atom is 1.00 e. The number of carboxylic acids is 1. The number of para-hydroxylation sites is 1. The number of thioether (sulfide) groups is 1. The number of aliphatic carboxylic acids is 1. The van der Waals surface area contributed by atoms with Gasteiger partial charge in [0.15, 0.2) is 5.11 Å². The molecule has 2 atom stereocenters. The zero-order valence-corrected chi connectivity index (χ0v) is 23.7.